The van der Waals surface area contributed by atoms with Gasteiger partial charge in [-0.15, -0.1) is 0 Å². The largest absolute Gasteiger partial charge is 0.497 e. The Bertz CT molecular complexity index is 1480. The van der Waals surface area contributed by atoms with Crippen molar-refractivity contribution in [1.29, 1.82) is 0 Å². The number of hydrogen-bond acceptors (Lipinski definition) is 7. The Hall–Kier alpha value is -4.79. The lowest BCUT2D eigenvalue weighted by molar-refractivity contribution is -0.384. The second kappa shape index (κ2) is 8.41. The smallest absolute Gasteiger partial charge is 0.269 e. The van der Waals surface area contributed by atoms with Crippen molar-refractivity contribution in [1.82, 2.24) is 0 Å². The molecule has 0 spiro atoms. The Morgan fingerprint density at radius 3 is 2.27 bits per heavy atom. The van der Waals surface area contributed by atoms with Crippen molar-refractivity contribution >= 4 is 40.7 Å². The number of ketones is 1. The number of non-ortho nitro benzene ring substituents is 1. The zero-order valence-corrected chi connectivity index (χ0v) is 19.7. The molecule has 2 fully saturated rings. The number of ether oxygens (including phenoxy) is 1. The van der Waals surface area contributed by atoms with Crippen molar-refractivity contribution in [2.75, 3.05) is 16.9 Å². The molecule has 6 rings (SSSR count). The molecule has 3 aromatic carbocycles. The van der Waals surface area contributed by atoms with E-state index >= 15 is 0 Å². The molecule has 184 valence electrons. The van der Waals surface area contributed by atoms with E-state index in [9.17, 15) is 24.5 Å². The first-order valence-corrected chi connectivity index (χ1v) is 11.8. The molecule has 0 radical (unpaired) electrons. The van der Waals surface area contributed by atoms with Crippen LogP contribution in [-0.4, -0.2) is 41.7 Å². The second-order valence-electron chi connectivity index (χ2n) is 9.19. The van der Waals surface area contributed by atoms with E-state index in [1.807, 2.05) is 41.3 Å². The highest BCUT2D eigenvalue weighted by Crippen LogP contribution is 2.49. The molecule has 0 aromatic heterocycles. The molecule has 3 aliphatic heterocycles. The molecule has 3 aliphatic rings. The number of rotatable bonds is 5. The standard InChI is InChI=1S/C28H21N3O6/c1-37-20-13-6-17(7-14-20)26(32)25-24-23(22-15-8-16-4-2-3-5-21(16)30(22)25)27(33)29(28(24)34)18-9-11-19(12-10-18)31(35)36/h2-15,22-25H,1H3/t22-,23+,24-,25+/m1/s1. The van der Waals surface area contributed by atoms with Crippen molar-refractivity contribution in [2.24, 2.45) is 11.8 Å². The molecule has 9 nitrogen and oxygen atoms in total. The zero-order chi connectivity index (χ0) is 25.8. The fourth-order valence-electron chi connectivity index (χ4n) is 5.72. The van der Waals surface area contributed by atoms with Gasteiger partial charge in [-0.3, -0.25) is 24.5 Å². The monoisotopic (exact) mass is 495 g/mol. The molecule has 0 saturated carbocycles. The maximum atomic E-state index is 14.0. The summed E-state index contributed by atoms with van der Waals surface area (Å²) >= 11 is 0. The molecule has 2 saturated heterocycles. The minimum Gasteiger partial charge on any atom is -0.497 e. The van der Waals surface area contributed by atoms with Crippen molar-refractivity contribution in [3.63, 3.8) is 0 Å². The fraction of sp³-hybridized carbons (Fsp3) is 0.179. The van der Waals surface area contributed by atoms with Gasteiger partial charge in [0.2, 0.25) is 11.8 Å². The average molecular weight is 495 g/mol. The van der Waals surface area contributed by atoms with Crippen LogP contribution in [-0.2, 0) is 9.59 Å². The highest BCUT2D eigenvalue weighted by molar-refractivity contribution is 6.25. The van der Waals surface area contributed by atoms with Gasteiger partial charge in [-0.2, -0.15) is 0 Å². The number of methoxy groups -OCH3 is 1. The van der Waals surface area contributed by atoms with E-state index in [-0.39, 0.29) is 17.2 Å². The first-order valence-electron chi connectivity index (χ1n) is 11.8. The lowest BCUT2D eigenvalue weighted by Gasteiger charge is -2.36. The van der Waals surface area contributed by atoms with E-state index in [1.165, 1.54) is 31.4 Å². The third-order valence-corrected chi connectivity index (χ3v) is 7.38. The second-order valence-corrected chi connectivity index (χ2v) is 9.19. The van der Waals surface area contributed by atoms with Gasteiger partial charge < -0.3 is 9.64 Å². The molecule has 3 aromatic rings. The Kier molecular flexibility index (Phi) is 5.15. The molecule has 2 amide bonds. The summed E-state index contributed by atoms with van der Waals surface area (Å²) in [6, 6.07) is 18.2. The SMILES string of the molecule is COc1ccc(C(=O)[C@@H]2[C@@H]3C(=O)N(c4ccc([N+](=O)[O-])cc4)C(=O)[C@H]3[C@H]3C=Cc4ccccc4N32)cc1. The third-order valence-electron chi connectivity index (χ3n) is 7.38. The van der Waals surface area contributed by atoms with E-state index in [4.69, 9.17) is 4.74 Å². The average Bonchev–Trinajstić information content (AvgIpc) is 3.41. The molecule has 37 heavy (non-hydrogen) atoms. The molecular formula is C28H21N3O6. The highest BCUT2D eigenvalue weighted by Gasteiger charge is 2.64. The number of nitro benzene ring substituents is 1. The van der Waals surface area contributed by atoms with Crippen LogP contribution >= 0.6 is 0 Å². The molecule has 0 N–H and O–H groups in total. The number of imide groups is 1. The summed E-state index contributed by atoms with van der Waals surface area (Å²) in [6.07, 6.45) is 3.80. The van der Waals surface area contributed by atoms with Gasteiger partial charge in [0.25, 0.3) is 5.69 Å². The molecule has 3 heterocycles. The number of nitrogens with zero attached hydrogens (tertiary/aromatic N) is 3. The van der Waals surface area contributed by atoms with Crippen LogP contribution in [0.15, 0.2) is 78.9 Å². The maximum Gasteiger partial charge on any atom is 0.269 e. The maximum absolute atomic E-state index is 14.0. The lowest BCUT2D eigenvalue weighted by atomic mass is 9.86. The number of anilines is 2. The Morgan fingerprint density at radius 1 is 0.919 bits per heavy atom. The molecule has 0 bridgehead atoms. The van der Waals surface area contributed by atoms with Gasteiger partial charge in [0, 0.05) is 23.4 Å². The summed E-state index contributed by atoms with van der Waals surface area (Å²) in [5.74, 6) is -2.28. The quantitative estimate of drug-likeness (QED) is 0.229. The molecule has 0 aliphatic carbocycles. The Balaban J connectivity index is 1.45. The minimum absolute atomic E-state index is 0.145. The third kappa shape index (κ3) is 3.35. The van der Waals surface area contributed by atoms with Gasteiger partial charge in [-0.05, 0) is 48.0 Å². The van der Waals surface area contributed by atoms with Crippen molar-refractivity contribution in [2.45, 2.75) is 12.1 Å². The number of carbonyl (C=O) groups is 3. The zero-order valence-electron chi connectivity index (χ0n) is 19.7. The fourth-order valence-corrected chi connectivity index (χ4v) is 5.72. The summed E-state index contributed by atoms with van der Waals surface area (Å²) in [6.45, 7) is 0. The van der Waals surface area contributed by atoms with E-state index in [0.717, 1.165) is 16.2 Å². The Labute approximate surface area is 211 Å². The number of benzene rings is 3. The normalized spacial score (nSPS) is 23.5. The summed E-state index contributed by atoms with van der Waals surface area (Å²) < 4.78 is 5.22. The first-order chi connectivity index (χ1) is 17.9. The van der Waals surface area contributed by atoms with Crippen molar-refractivity contribution < 1.29 is 24.0 Å². The van der Waals surface area contributed by atoms with Crippen LogP contribution in [0, 0.1) is 22.0 Å². The minimum atomic E-state index is -0.918. The van der Waals surface area contributed by atoms with Gasteiger partial charge in [-0.1, -0.05) is 30.4 Å². The summed E-state index contributed by atoms with van der Waals surface area (Å²) in [5.41, 5.74) is 2.20. The first kappa shape index (κ1) is 22.7. The number of Topliss-reactive ketones (excluding diaryl/α,β-unsaturated/α-hetero) is 1. The molecule has 0 unspecified atom stereocenters. The van der Waals surface area contributed by atoms with Crippen molar-refractivity contribution in [3.8, 4) is 5.75 Å². The predicted molar refractivity (Wildman–Crippen MR) is 135 cm³/mol. The van der Waals surface area contributed by atoms with Crippen LogP contribution in [0.3, 0.4) is 0 Å². The van der Waals surface area contributed by atoms with Crippen LogP contribution in [0.1, 0.15) is 15.9 Å². The molecular weight excluding hydrogens is 474 g/mol. The number of carbonyl (C=O) groups excluding carboxylic acids is 3. The highest BCUT2D eigenvalue weighted by atomic mass is 16.6. The lowest BCUT2D eigenvalue weighted by Crippen LogP contribution is -2.48. The molecule has 4 atom stereocenters. The van der Waals surface area contributed by atoms with Crippen LogP contribution in [0.2, 0.25) is 0 Å². The van der Waals surface area contributed by atoms with E-state index in [1.54, 1.807) is 24.3 Å². The van der Waals surface area contributed by atoms with E-state index in [2.05, 4.69) is 0 Å². The summed E-state index contributed by atoms with van der Waals surface area (Å²) in [7, 11) is 1.54. The predicted octanol–water partition coefficient (Wildman–Crippen LogP) is 3.88. The van der Waals surface area contributed by atoms with Crippen LogP contribution in [0.5, 0.6) is 5.75 Å². The van der Waals surface area contributed by atoms with Crippen LogP contribution in [0.4, 0.5) is 17.1 Å². The topological polar surface area (TPSA) is 110 Å². The van der Waals surface area contributed by atoms with E-state index in [0.29, 0.717) is 11.3 Å². The number of para-hydroxylation sites is 1. The Morgan fingerprint density at radius 2 is 1.59 bits per heavy atom. The van der Waals surface area contributed by atoms with Crippen LogP contribution < -0.4 is 14.5 Å². The summed E-state index contributed by atoms with van der Waals surface area (Å²) in [4.78, 5) is 55.1. The van der Waals surface area contributed by atoms with E-state index < -0.39 is 40.7 Å². The number of hydrogen-bond donors (Lipinski definition) is 0. The van der Waals surface area contributed by atoms with Gasteiger partial charge in [0.15, 0.2) is 5.78 Å². The van der Waals surface area contributed by atoms with Gasteiger partial charge in [0.1, 0.15) is 11.8 Å². The number of nitro groups is 1. The summed E-state index contributed by atoms with van der Waals surface area (Å²) in [5, 5.41) is 11.1. The van der Waals surface area contributed by atoms with Crippen LogP contribution in [0.25, 0.3) is 6.08 Å². The molecule has 9 heteroatoms. The van der Waals surface area contributed by atoms with Gasteiger partial charge >= 0.3 is 0 Å². The van der Waals surface area contributed by atoms with Gasteiger partial charge in [0.05, 0.1) is 35.6 Å². The number of amides is 2. The number of fused-ring (bicyclic) bond motifs is 5. The van der Waals surface area contributed by atoms with Crippen molar-refractivity contribution in [3.05, 3.63) is 100 Å². The van der Waals surface area contributed by atoms with Gasteiger partial charge in [-0.25, -0.2) is 4.90 Å².